The van der Waals surface area contributed by atoms with E-state index in [9.17, 15) is 9.90 Å². The molecule has 0 fully saturated rings. The Morgan fingerprint density at radius 3 is 2.79 bits per heavy atom. The molecule has 5 nitrogen and oxygen atoms in total. The lowest BCUT2D eigenvalue weighted by Crippen LogP contribution is -2.24. The maximum atomic E-state index is 11.8. The van der Waals surface area contributed by atoms with Gasteiger partial charge in [-0.25, -0.2) is 5.43 Å². The standard InChI is InChI=1S/C17H16Cl2N2O3/c1-10-3-4-11(2)15(5-10)24-9-16(22)21-20-8-12-6-13(18)7-14(19)17(12)23/h3-8,23H,9H2,1-2H3,(H,21,22)/b20-8+. The molecule has 0 aliphatic carbocycles. The van der Waals surface area contributed by atoms with Crippen LogP contribution < -0.4 is 10.2 Å². The normalized spacial score (nSPS) is 10.8. The molecule has 0 radical (unpaired) electrons. The predicted molar refractivity (Wildman–Crippen MR) is 95.3 cm³/mol. The number of ether oxygens (including phenoxy) is 1. The molecule has 0 saturated heterocycles. The summed E-state index contributed by atoms with van der Waals surface area (Å²) in [4.78, 5) is 11.8. The van der Waals surface area contributed by atoms with Gasteiger partial charge in [0.05, 0.1) is 11.2 Å². The highest BCUT2D eigenvalue weighted by molar-refractivity contribution is 6.36. The van der Waals surface area contributed by atoms with Gasteiger partial charge < -0.3 is 9.84 Å². The zero-order valence-corrected chi connectivity index (χ0v) is 14.6. The number of rotatable bonds is 5. The highest BCUT2D eigenvalue weighted by atomic mass is 35.5. The third-order valence-corrected chi connectivity index (χ3v) is 3.66. The summed E-state index contributed by atoms with van der Waals surface area (Å²) in [7, 11) is 0. The van der Waals surface area contributed by atoms with Crippen LogP contribution >= 0.6 is 23.2 Å². The summed E-state index contributed by atoms with van der Waals surface area (Å²) in [5.74, 6) is 0.0545. The number of hydrazone groups is 1. The first-order valence-corrected chi connectivity index (χ1v) is 7.82. The molecule has 2 aromatic carbocycles. The minimum Gasteiger partial charge on any atom is -0.506 e. The van der Waals surface area contributed by atoms with E-state index in [0.29, 0.717) is 16.3 Å². The maximum Gasteiger partial charge on any atom is 0.277 e. The Balaban J connectivity index is 1.93. The summed E-state index contributed by atoms with van der Waals surface area (Å²) in [5.41, 5.74) is 4.59. The molecule has 0 aliphatic heterocycles. The van der Waals surface area contributed by atoms with E-state index >= 15 is 0 Å². The lowest BCUT2D eigenvalue weighted by Gasteiger charge is -2.09. The predicted octanol–water partition coefficient (Wildman–Crippen LogP) is 3.84. The second-order valence-electron chi connectivity index (χ2n) is 5.18. The topological polar surface area (TPSA) is 70.9 Å². The first kappa shape index (κ1) is 18.1. The number of hydrogen-bond donors (Lipinski definition) is 2. The van der Waals surface area contributed by atoms with Crippen LogP contribution in [0.1, 0.15) is 16.7 Å². The number of carbonyl (C=O) groups is 1. The van der Waals surface area contributed by atoms with Crippen molar-refractivity contribution < 1.29 is 14.6 Å². The monoisotopic (exact) mass is 366 g/mol. The number of phenolic OH excluding ortho intramolecular Hbond substituents is 1. The number of phenols is 1. The van der Waals surface area contributed by atoms with E-state index in [2.05, 4.69) is 10.5 Å². The van der Waals surface area contributed by atoms with E-state index in [-0.39, 0.29) is 17.4 Å². The Kier molecular flexibility index (Phi) is 6.06. The molecule has 0 bridgehead atoms. The molecule has 0 aromatic heterocycles. The summed E-state index contributed by atoms with van der Waals surface area (Å²) in [6.45, 7) is 3.67. The number of benzene rings is 2. The molecule has 0 unspecified atom stereocenters. The number of aryl methyl sites for hydroxylation is 2. The molecule has 2 rings (SSSR count). The lowest BCUT2D eigenvalue weighted by atomic mass is 10.1. The van der Waals surface area contributed by atoms with Crippen molar-refractivity contribution in [2.45, 2.75) is 13.8 Å². The first-order valence-electron chi connectivity index (χ1n) is 7.07. The number of carbonyl (C=O) groups excluding carboxylic acids is 1. The second kappa shape index (κ2) is 8.04. The fourth-order valence-electron chi connectivity index (χ4n) is 1.90. The highest BCUT2D eigenvalue weighted by Crippen LogP contribution is 2.29. The van der Waals surface area contributed by atoms with E-state index < -0.39 is 5.91 Å². The van der Waals surface area contributed by atoms with Crippen LogP contribution in [0.15, 0.2) is 35.4 Å². The zero-order chi connectivity index (χ0) is 17.7. The molecule has 2 N–H and O–H groups in total. The Morgan fingerprint density at radius 1 is 1.29 bits per heavy atom. The summed E-state index contributed by atoms with van der Waals surface area (Å²) in [5, 5.41) is 14.0. The van der Waals surface area contributed by atoms with Crippen molar-refractivity contribution in [3.63, 3.8) is 0 Å². The van der Waals surface area contributed by atoms with Gasteiger partial charge in [-0.05, 0) is 43.2 Å². The quantitative estimate of drug-likeness (QED) is 0.623. The zero-order valence-electron chi connectivity index (χ0n) is 13.1. The van der Waals surface area contributed by atoms with Crippen LogP contribution in [-0.2, 0) is 4.79 Å². The molecule has 1 amide bonds. The van der Waals surface area contributed by atoms with Gasteiger partial charge in [-0.1, -0.05) is 35.3 Å². The van der Waals surface area contributed by atoms with E-state index in [1.165, 1.54) is 18.3 Å². The number of nitrogens with one attached hydrogen (secondary N) is 1. The Labute approximate surface area is 149 Å². The van der Waals surface area contributed by atoms with Crippen LogP contribution in [0, 0.1) is 13.8 Å². The average Bonchev–Trinajstić information content (AvgIpc) is 2.52. The molecule has 126 valence electrons. The number of halogens is 2. The van der Waals surface area contributed by atoms with E-state index in [1.54, 1.807) is 0 Å². The summed E-state index contributed by atoms with van der Waals surface area (Å²) < 4.78 is 5.47. The fourth-order valence-corrected chi connectivity index (χ4v) is 2.41. The molecule has 24 heavy (non-hydrogen) atoms. The Bertz CT molecular complexity index is 792. The van der Waals surface area contributed by atoms with E-state index in [1.807, 2.05) is 32.0 Å². The van der Waals surface area contributed by atoms with E-state index in [0.717, 1.165) is 11.1 Å². The molecule has 2 aromatic rings. The van der Waals surface area contributed by atoms with Crippen molar-refractivity contribution >= 4 is 35.3 Å². The Morgan fingerprint density at radius 2 is 2.04 bits per heavy atom. The van der Waals surface area contributed by atoms with Crippen LogP contribution in [0.3, 0.4) is 0 Å². The number of amides is 1. The molecule has 0 atom stereocenters. The number of nitrogens with zero attached hydrogens (tertiary/aromatic N) is 1. The SMILES string of the molecule is Cc1ccc(C)c(OCC(=O)N/N=C/c2cc(Cl)cc(Cl)c2O)c1. The van der Waals surface area contributed by atoms with Crippen LogP contribution in [0.25, 0.3) is 0 Å². The second-order valence-corrected chi connectivity index (χ2v) is 6.02. The smallest absolute Gasteiger partial charge is 0.277 e. The average molecular weight is 367 g/mol. The van der Waals surface area contributed by atoms with Crippen LogP contribution in [0.4, 0.5) is 0 Å². The molecule has 7 heteroatoms. The highest BCUT2D eigenvalue weighted by Gasteiger charge is 2.07. The van der Waals surface area contributed by atoms with E-state index in [4.69, 9.17) is 27.9 Å². The maximum absolute atomic E-state index is 11.8. The third kappa shape index (κ3) is 4.88. The molecule has 0 spiro atoms. The van der Waals surface area contributed by atoms with Gasteiger partial charge in [0.1, 0.15) is 11.5 Å². The molecule has 0 aliphatic rings. The fraction of sp³-hybridized carbons (Fsp3) is 0.176. The van der Waals surface area contributed by atoms with Gasteiger partial charge in [-0.15, -0.1) is 0 Å². The van der Waals surface area contributed by atoms with Crippen molar-refractivity contribution in [2.75, 3.05) is 6.61 Å². The molecule has 0 heterocycles. The Hall–Kier alpha value is -2.24. The van der Waals surface area contributed by atoms with Gasteiger partial charge >= 0.3 is 0 Å². The van der Waals surface area contributed by atoms with Crippen molar-refractivity contribution in [3.8, 4) is 11.5 Å². The van der Waals surface area contributed by atoms with Crippen LogP contribution in [0.5, 0.6) is 11.5 Å². The van der Waals surface area contributed by atoms with Gasteiger partial charge in [0, 0.05) is 10.6 Å². The largest absolute Gasteiger partial charge is 0.506 e. The number of aromatic hydroxyl groups is 1. The minimum atomic E-state index is -0.431. The van der Waals surface area contributed by atoms with Gasteiger partial charge in [-0.3, -0.25) is 4.79 Å². The third-order valence-electron chi connectivity index (χ3n) is 3.15. The lowest BCUT2D eigenvalue weighted by molar-refractivity contribution is -0.123. The minimum absolute atomic E-state index is 0.105. The first-order chi connectivity index (χ1) is 11.4. The van der Waals surface area contributed by atoms with Crippen LogP contribution in [0.2, 0.25) is 10.0 Å². The van der Waals surface area contributed by atoms with Gasteiger partial charge in [0.2, 0.25) is 0 Å². The van der Waals surface area contributed by atoms with Crippen LogP contribution in [-0.4, -0.2) is 23.8 Å². The van der Waals surface area contributed by atoms with Crippen molar-refractivity contribution in [1.82, 2.24) is 5.43 Å². The molecular formula is C17H16Cl2N2O3. The number of hydrogen-bond acceptors (Lipinski definition) is 4. The summed E-state index contributed by atoms with van der Waals surface area (Å²) in [6.07, 6.45) is 1.25. The van der Waals surface area contributed by atoms with Crippen molar-refractivity contribution in [3.05, 3.63) is 57.1 Å². The molecule has 0 saturated carbocycles. The summed E-state index contributed by atoms with van der Waals surface area (Å²) in [6, 6.07) is 8.64. The summed E-state index contributed by atoms with van der Waals surface area (Å²) >= 11 is 11.6. The van der Waals surface area contributed by atoms with Gasteiger partial charge in [-0.2, -0.15) is 5.10 Å². The molecular weight excluding hydrogens is 351 g/mol. The van der Waals surface area contributed by atoms with Gasteiger partial charge in [0.25, 0.3) is 5.91 Å². The van der Waals surface area contributed by atoms with Crippen molar-refractivity contribution in [2.24, 2.45) is 5.10 Å². The van der Waals surface area contributed by atoms with Crippen molar-refractivity contribution in [1.29, 1.82) is 0 Å². The van der Waals surface area contributed by atoms with Gasteiger partial charge in [0.15, 0.2) is 6.61 Å².